The molecule has 2 aromatic carbocycles. The van der Waals surface area contributed by atoms with Crippen molar-refractivity contribution in [2.24, 2.45) is 0 Å². The molecule has 68 heavy (non-hydrogen) atoms. The number of allylic oxidation sites excluding steroid dienone is 1. The van der Waals surface area contributed by atoms with Crippen molar-refractivity contribution in [3.8, 4) is 11.4 Å². The van der Waals surface area contributed by atoms with Crippen LogP contribution in [0, 0.1) is 12.7 Å². The largest absolute Gasteiger partial charge is 0.458 e. The Balaban J connectivity index is 0.930. The van der Waals surface area contributed by atoms with Crippen molar-refractivity contribution in [2.75, 3.05) is 25.5 Å². The Morgan fingerprint density at radius 1 is 1.06 bits per heavy atom. The van der Waals surface area contributed by atoms with Crippen LogP contribution in [-0.2, 0) is 74.8 Å². The summed E-state index contributed by atoms with van der Waals surface area (Å²) in [6, 6.07) is 7.96. The number of fused-ring (bicyclic) bond motifs is 5. The minimum Gasteiger partial charge on any atom is -0.458 e. The number of likely N-dealkylation sites (N-methyl/N-ethyl adjacent to an activating group) is 1. The number of carbonyl (C=O) groups is 8. The fourth-order valence-electron chi connectivity index (χ4n) is 8.77. The molecule has 0 saturated carbocycles. The molecule has 7 rings (SSSR count). The molecule has 19 nitrogen and oxygen atoms in total. The SMILES string of the molecule is CCC1(O)C(=O)OCc2c1cc1n(c2=O)Cc2c-1nc1cc(F)c(C)c3c1c2C(NC(=O)OCc1cccc(NC(=O)CCNC(=O)CCC(C=O)NC(=O)CCN(C)C(=O)/C=C\C=O)c1)CC3. The maximum atomic E-state index is 15.3. The molecule has 0 bridgehead atoms. The van der Waals surface area contributed by atoms with Crippen LogP contribution in [0.2, 0.25) is 0 Å². The summed E-state index contributed by atoms with van der Waals surface area (Å²) in [6.07, 6.45) is 2.77. The number of ether oxygens (including phenoxy) is 2. The maximum Gasteiger partial charge on any atom is 0.407 e. The number of alkyl carbamates (subject to hydrolysis) is 1. The predicted molar refractivity (Wildman–Crippen MR) is 241 cm³/mol. The van der Waals surface area contributed by atoms with Crippen molar-refractivity contribution in [3.05, 3.63) is 104 Å². The van der Waals surface area contributed by atoms with Gasteiger partial charge < -0.3 is 50.1 Å². The Kier molecular flexibility index (Phi) is 14.6. The van der Waals surface area contributed by atoms with Crippen LogP contribution in [0.25, 0.3) is 22.3 Å². The molecule has 5 amide bonds. The van der Waals surface area contributed by atoms with E-state index in [1.54, 1.807) is 44.2 Å². The fraction of sp³-hybridized carbons (Fsp3) is 0.375. The topological polar surface area (TPSA) is 262 Å². The number of cyclic esters (lactones) is 1. The third kappa shape index (κ3) is 10.0. The number of aldehydes is 2. The van der Waals surface area contributed by atoms with E-state index in [4.69, 9.17) is 14.5 Å². The first-order valence-corrected chi connectivity index (χ1v) is 22.1. The van der Waals surface area contributed by atoms with Crippen LogP contribution in [0.4, 0.5) is 14.9 Å². The summed E-state index contributed by atoms with van der Waals surface area (Å²) in [5, 5.41) is 22.8. The molecule has 3 aliphatic rings. The highest BCUT2D eigenvalue weighted by molar-refractivity contribution is 5.94. The van der Waals surface area contributed by atoms with Crippen LogP contribution in [0.5, 0.6) is 0 Å². The lowest BCUT2D eigenvalue weighted by atomic mass is 9.81. The molecule has 0 spiro atoms. The number of hydrogen-bond acceptors (Lipinski definition) is 13. The van der Waals surface area contributed by atoms with Crippen molar-refractivity contribution in [2.45, 2.75) is 96.2 Å². The van der Waals surface area contributed by atoms with Gasteiger partial charge in [0.1, 0.15) is 31.6 Å². The van der Waals surface area contributed by atoms with Crippen molar-refractivity contribution in [1.29, 1.82) is 0 Å². The Bertz CT molecular complexity index is 2840. The molecule has 0 radical (unpaired) electrons. The lowest BCUT2D eigenvalue weighted by Crippen LogP contribution is -2.44. The molecule has 3 atom stereocenters. The molecule has 4 heterocycles. The van der Waals surface area contributed by atoms with Gasteiger partial charge in [-0.05, 0) is 79.1 Å². The van der Waals surface area contributed by atoms with Gasteiger partial charge in [0.15, 0.2) is 5.60 Å². The minimum absolute atomic E-state index is 0.00784. The molecule has 2 aliphatic heterocycles. The number of halogens is 1. The average molecular weight is 936 g/mol. The van der Waals surface area contributed by atoms with Gasteiger partial charge in [-0.25, -0.2) is 19.0 Å². The van der Waals surface area contributed by atoms with Crippen molar-refractivity contribution in [1.82, 2.24) is 30.4 Å². The Hall–Kier alpha value is -7.61. The summed E-state index contributed by atoms with van der Waals surface area (Å²) < 4.78 is 27.7. The zero-order chi connectivity index (χ0) is 48.9. The summed E-state index contributed by atoms with van der Waals surface area (Å²) in [7, 11) is 1.45. The maximum absolute atomic E-state index is 15.3. The second-order valence-electron chi connectivity index (χ2n) is 16.8. The predicted octanol–water partition coefficient (Wildman–Crippen LogP) is 2.95. The molecule has 1 aliphatic carbocycles. The van der Waals surface area contributed by atoms with E-state index >= 15 is 4.39 Å². The van der Waals surface area contributed by atoms with Gasteiger partial charge in [0.25, 0.3) is 5.56 Å². The van der Waals surface area contributed by atoms with E-state index in [0.717, 1.165) is 17.7 Å². The van der Waals surface area contributed by atoms with E-state index < -0.39 is 64.8 Å². The number of amides is 5. The number of pyridine rings is 2. The quantitative estimate of drug-likeness (QED) is 0.0482. The number of aliphatic hydroxyl groups is 1. The standard InChI is InChI=1S/C48H50FN7O12/c1-4-48(66)33-20-37-44-31(22-56(37)45(63)32(33)25-67-46(48)64)43-35(12-11-30-26(2)34(49)21-36(53-44)42(30)43)54-47(65)68-24-27-7-5-8-28(19-27)51-39(60)14-16-50-38(59)13-10-29(23-58)52-40(61)15-17-55(3)41(62)9-6-18-57/h5-9,18-21,23,29,35,66H,4,10-17,22,24-25H2,1-3H3,(H,50,59)(H,51,60)(H,52,61)(H,54,65)/b9-6-. The lowest BCUT2D eigenvalue weighted by Gasteiger charge is -2.31. The van der Waals surface area contributed by atoms with Gasteiger partial charge in [0, 0.05) is 73.7 Å². The minimum atomic E-state index is -2.04. The zero-order valence-electron chi connectivity index (χ0n) is 37.6. The van der Waals surface area contributed by atoms with E-state index in [1.165, 1.54) is 22.6 Å². The number of aromatic nitrogens is 2. The lowest BCUT2D eigenvalue weighted by molar-refractivity contribution is -0.172. The van der Waals surface area contributed by atoms with E-state index in [2.05, 4.69) is 21.3 Å². The van der Waals surface area contributed by atoms with Crippen LogP contribution in [0.1, 0.15) is 90.4 Å². The normalized spacial score (nSPS) is 17.0. The molecule has 2 aromatic heterocycles. The summed E-state index contributed by atoms with van der Waals surface area (Å²) in [6.45, 7) is 2.92. The van der Waals surface area contributed by atoms with E-state index in [0.29, 0.717) is 75.6 Å². The molecular weight excluding hydrogens is 886 g/mol. The number of carbonyl (C=O) groups excluding carboxylic acids is 8. The molecule has 0 fully saturated rings. The Morgan fingerprint density at radius 3 is 2.60 bits per heavy atom. The second kappa shape index (κ2) is 20.5. The number of hydrogen-bond donors (Lipinski definition) is 5. The van der Waals surface area contributed by atoms with Crippen LogP contribution in [-0.4, -0.2) is 94.0 Å². The third-order valence-electron chi connectivity index (χ3n) is 12.5. The van der Waals surface area contributed by atoms with Gasteiger partial charge in [-0.15, -0.1) is 0 Å². The summed E-state index contributed by atoms with van der Waals surface area (Å²) in [5.41, 5.74) is 2.30. The van der Waals surface area contributed by atoms with Crippen LogP contribution < -0.4 is 26.8 Å². The molecule has 5 N–H and O–H groups in total. The van der Waals surface area contributed by atoms with Crippen LogP contribution in [0.3, 0.4) is 0 Å². The van der Waals surface area contributed by atoms with E-state index in [-0.39, 0.29) is 76.1 Å². The molecule has 0 saturated heterocycles. The smallest absolute Gasteiger partial charge is 0.407 e. The number of esters is 1. The fourth-order valence-corrected chi connectivity index (χ4v) is 8.77. The summed E-state index contributed by atoms with van der Waals surface area (Å²) >= 11 is 0. The van der Waals surface area contributed by atoms with E-state index in [1.807, 2.05) is 0 Å². The van der Waals surface area contributed by atoms with Gasteiger partial charge in [0.2, 0.25) is 23.6 Å². The molecule has 4 aromatic rings. The summed E-state index contributed by atoms with van der Waals surface area (Å²) in [5.74, 6) is -3.14. The van der Waals surface area contributed by atoms with Gasteiger partial charge >= 0.3 is 12.1 Å². The average Bonchev–Trinajstić information content (AvgIpc) is 3.69. The van der Waals surface area contributed by atoms with Gasteiger partial charge in [-0.3, -0.25) is 28.8 Å². The first-order valence-electron chi connectivity index (χ1n) is 22.1. The number of nitrogens with zero attached hydrogens (tertiary/aromatic N) is 3. The van der Waals surface area contributed by atoms with Crippen LogP contribution in [0.15, 0.2) is 53.3 Å². The first kappa shape index (κ1) is 48.3. The number of aryl methyl sites for hydroxylation is 1. The Morgan fingerprint density at radius 2 is 1.85 bits per heavy atom. The second-order valence-corrected chi connectivity index (χ2v) is 16.8. The Labute approximate surface area is 388 Å². The van der Waals surface area contributed by atoms with Crippen molar-refractivity contribution >= 4 is 64.9 Å². The van der Waals surface area contributed by atoms with Gasteiger partial charge in [0.05, 0.1) is 41.1 Å². The molecule has 356 valence electrons. The highest BCUT2D eigenvalue weighted by Crippen LogP contribution is 2.46. The first-order chi connectivity index (χ1) is 32.6. The molecular formula is C48H50FN7O12. The summed E-state index contributed by atoms with van der Waals surface area (Å²) in [4.78, 5) is 117. The van der Waals surface area contributed by atoms with Crippen molar-refractivity contribution in [3.63, 3.8) is 0 Å². The highest BCUT2D eigenvalue weighted by atomic mass is 19.1. The van der Waals surface area contributed by atoms with Gasteiger partial charge in [-0.1, -0.05) is 19.1 Å². The monoisotopic (exact) mass is 935 g/mol. The number of rotatable bonds is 18. The van der Waals surface area contributed by atoms with Crippen LogP contribution >= 0.6 is 0 Å². The zero-order valence-corrected chi connectivity index (χ0v) is 37.6. The van der Waals surface area contributed by atoms with E-state index in [9.17, 15) is 48.3 Å². The molecule has 20 heteroatoms. The highest BCUT2D eigenvalue weighted by Gasteiger charge is 2.46. The number of nitrogens with one attached hydrogen (secondary N) is 4. The number of anilines is 1. The molecule has 3 unspecified atom stereocenters. The van der Waals surface area contributed by atoms with Crippen molar-refractivity contribution < 1.29 is 57.3 Å². The third-order valence-corrected chi connectivity index (χ3v) is 12.5. The van der Waals surface area contributed by atoms with Gasteiger partial charge in [-0.2, -0.15) is 0 Å². The number of benzene rings is 2.